The zero-order valence-corrected chi connectivity index (χ0v) is 12.3. The molecule has 0 N–H and O–H groups in total. The van der Waals surface area contributed by atoms with Crippen molar-refractivity contribution >= 4 is 27.7 Å². The van der Waals surface area contributed by atoms with Crippen molar-refractivity contribution in [3.63, 3.8) is 0 Å². The van der Waals surface area contributed by atoms with Crippen molar-refractivity contribution in [3.8, 4) is 0 Å². The first-order chi connectivity index (χ1) is 9.25. The standard InChI is InChI=1S/C14H18BrNO3/c15-9-5-1-2-6-10-19-16-13(17)11-7-3-4-8-12(11)14(16)18/h3-4,7-8,11-12H,1-2,5-6,9-10H2. The fourth-order valence-electron chi connectivity index (χ4n) is 2.29. The van der Waals surface area contributed by atoms with Gasteiger partial charge in [0.05, 0.1) is 18.4 Å². The Morgan fingerprint density at radius 1 is 1.00 bits per heavy atom. The van der Waals surface area contributed by atoms with Gasteiger partial charge in [-0.3, -0.25) is 14.4 Å². The topological polar surface area (TPSA) is 46.6 Å². The van der Waals surface area contributed by atoms with E-state index in [4.69, 9.17) is 4.84 Å². The van der Waals surface area contributed by atoms with E-state index in [0.717, 1.165) is 36.1 Å². The van der Waals surface area contributed by atoms with Gasteiger partial charge in [-0.2, -0.15) is 5.06 Å². The number of amides is 2. The lowest BCUT2D eigenvalue weighted by molar-refractivity contribution is -0.189. The maximum Gasteiger partial charge on any atom is 0.261 e. The van der Waals surface area contributed by atoms with Gasteiger partial charge in [-0.15, -0.1) is 0 Å². The molecule has 2 unspecified atom stereocenters. The number of halogens is 1. The van der Waals surface area contributed by atoms with Crippen LogP contribution in [0.5, 0.6) is 0 Å². The van der Waals surface area contributed by atoms with Crippen LogP contribution in [-0.4, -0.2) is 28.8 Å². The van der Waals surface area contributed by atoms with E-state index >= 15 is 0 Å². The number of imide groups is 1. The van der Waals surface area contributed by atoms with Crippen molar-refractivity contribution in [1.82, 2.24) is 5.06 Å². The molecule has 0 aromatic rings. The lowest BCUT2D eigenvalue weighted by Gasteiger charge is -2.13. The van der Waals surface area contributed by atoms with E-state index in [1.807, 2.05) is 0 Å². The van der Waals surface area contributed by atoms with Crippen molar-refractivity contribution in [3.05, 3.63) is 24.3 Å². The number of rotatable bonds is 7. The third-order valence-electron chi connectivity index (χ3n) is 3.35. The Hall–Kier alpha value is -0.940. The van der Waals surface area contributed by atoms with Gasteiger partial charge in [0.1, 0.15) is 0 Å². The first-order valence-electron chi connectivity index (χ1n) is 6.67. The quantitative estimate of drug-likeness (QED) is 0.410. The molecule has 0 bridgehead atoms. The van der Waals surface area contributed by atoms with E-state index in [9.17, 15) is 9.59 Å². The molecule has 19 heavy (non-hydrogen) atoms. The monoisotopic (exact) mass is 327 g/mol. The molecule has 1 saturated heterocycles. The summed E-state index contributed by atoms with van der Waals surface area (Å²) in [6, 6.07) is 0. The van der Waals surface area contributed by atoms with Gasteiger partial charge in [0.25, 0.3) is 11.8 Å². The van der Waals surface area contributed by atoms with Crippen LogP contribution >= 0.6 is 15.9 Å². The molecule has 0 aromatic carbocycles. The smallest absolute Gasteiger partial charge is 0.261 e. The Morgan fingerprint density at radius 3 is 2.16 bits per heavy atom. The number of unbranched alkanes of at least 4 members (excludes halogenated alkanes) is 3. The minimum atomic E-state index is -0.370. The number of fused-ring (bicyclic) bond motifs is 1. The van der Waals surface area contributed by atoms with Crippen molar-refractivity contribution in [2.45, 2.75) is 25.7 Å². The molecule has 104 valence electrons. The Labute approximate surface area is 121 Å². The zero-order valence-electron chi connectivity index (χ0n) is 10.8. The van der Waals surface area contributed by atoms with Crippen molar-refractivity contribution in [2.75, 3.05) is 11.9 Å². The Morgan fingerprint density at radius 2 is 1.58 bits per heavy atom. The first-order valence-corrected chi connectivity index (χ1v) is 7.79. The molecule has 0 aromatic heterocycles. The number of alkyl halides is 1. The van der Waals surface area contributed by atoms with Gasteiger partial charge in [-0.05, 0) is 12.8 Å². The molecule has 0 spiro atoms. The third-order valence-corrected chi connectivity index (χ3v) is 3.91. The lowest BCUT2D eigenvalue weighted by Crippen LogP contribution is -2.31. The minimum absolute atomic E-state index is 0.240. The number of hydroxylamine groups is 2. The maximum atomic E-state index is 12.0. The van der Waals surface area contributed by atoms with Gasteiger partial charge in [-0.1, -0.05) is 53.1 Å². The molecule has 1 fully saturated rings. The normalized spacial score (nSPS) is 25.2. The highest BCUT2D eigenvalue weighted by molar-refractivity contribution is 9.09. The molecule has 2 rings (SSSR count). The summed E-state index contributed by atoms with van der Waals surface area (Å²) in [6.07, 6.45) is 11.3. The second-order valence-electron chi connectivity index (χ2n) is 4.73. The van der Waals surface area contributed by atoms with E-state index in [1.54, 1.807) is 24.3 Å². The van der Waals surface area contributed by atoms with E-state index in [0.29, 0.717) is 6.61 Å². The lowest BCUT2D eigenvalue weighted by atomic mass is 9.91. The summed E-state index contributed by atoms with van der Waals surface area (Å²) in [5.41, 5.74) is 0. The molecule has 0 radical (unpaired) electrons. The van der Waals surface area contributed by atoms with Crippen LogP contribution < -0.4 is 0 Å². The van der Waals surface area contributed by atoms with Crippen LogP contribution in [0.3, 0.4) is 0 Å². The second-order valence-corrected chi connectivity index (χ2v) is 5.52. The predicted molar refractivity (Wildman–Crippen MR) is 75.3 cm³/mol. The number of hydrogen-bond acceptors (Lipinski definition) is 3. The molecule has 1 heterocycles. The summed E-state index contributed by atoms with van der Waals surface area (Å²) in [5, 5.41) is 1.97. The van der Waals surface area contributed by atoms with Gasteiger partial charge >= 0.3 is 0 Å². The maximum absolute atomic E-state index is 12.0. The Bertz CT molecular complexity index is 375. The van der Waals surface area contributed by atoms with Crippen LogP contribution in [0.1, 0.15) is 25.7 Å². The van der Waals surface area contributed by atoms with Gasteiger partial charge in [0, 0.05) is 5.33 Å². The van der Waals surface area contributed by atoms with Crippen molar-refractivity contribution < 1.29 is 14.4 Å². The third kappa shape index (κ3) is 3.34. The predicted octanol–water partition coefficient (Wildman–Crippen LogP) is 2.60. The Balaban J connectivity index is 1.78. The van der Waals surface area contributed by atoms with E-state index in [2.05, 4.69) is 15.9 Å². The van der Waals surface area contributed by atoms with Crippen molar-refractivity contribution in [2.24, 2.45) is 11.8 Å². The molecule has 5 heteroatoms. The summed E-state index contributed by atoms with van der Waals surface area (Å²) >= 11 is 3.38. The van der Waals surface area contributed by atoms with Crippen LogP contribution in [-0.2, 0) is 14.4 Å². The van der Waals surface area contributed by atoms with Gasteiger partial charge in [0.2, 0.25) is 0 Å². The molecular formula is C14H18BrNO3. The van der Waals surface area contributed by atoms with Crippen LogP contribution in [0, 0.1) is 11.8 Å². The molecule has 1 aliphatic heterocycles. The number of hydrogen-bond donors (Lipinski definition) is 0. The molecule has 2 aliphatic rings. The SMILES string of the molecule is O=C1C2C=CC=CC2C(=O)N1OCCCCCCBr. The van der Waals surface area contributed by atoms with E-state index in [1.165, 1.54) is 0 Å². The van der Waals surface area contributed by atoms with Crippen LogP contribution in [0.25, 0.3) is 0 Å². The fraction of sp³-hybridized carbons (Fsp3) is 0.571. The minimum Gasteiger partial charge on any atom is -0.271 e. The molecule has 4 nitrogen and oxygen atoms in total. The summed E-state index contributed by atoms with van der Waals surface area (Å²) in [5.74, 6) is -1.22. The van der Waals surface area contributed by atoms with Crippen LogP contribution in [0.15, 0.2) is 24.3 Å². The average molecular weight is 328 g/mol. The number of allylic oxidation sites excluding steroid dienone is 2. The molecular weight excluding hydrogens is 310 g/mol. The summed E-state index contributed by atoms with van der Waals surface area (Å²) < 4.78 is 0. The highest BCUT2D eigenvalue weighted by Crippen LogP contribution is 2.31. The highest BCUT2D eigenvalue weighted by Gasteiger charge is 2.46. The molecule has 0 saturated carbocycles. The summed E-state index contributed by atoms with van der Waals surface area (Å²) in [7, 11) is 0. The molecule has 2 atom stereocenters. The fourth-order valence-corrected chi connectivity index (χ4v) is 2.69. The van der Waals surface area contributed by atoms with Crippen LogP contribution in [0.2, 0.25) is 0 Å². The number of nitrogens with zero attached hydrogens (tertiary/aromatic N) is 1. The van der Waals surface area contributed by atoms with Crippen molar-refractivity contribution in [1.29, 1.82) is 0 Å². The highest BCUT2D eigenvalue weighted by atomic mass is 79.9. The number of carbonyl (C=O) groups excluding carboxylic acids is 2. The van der Waals surface area contributed by atoms with Gasteiger partial charge in [0.15, 0.2) is 0 Å². The van der Waals surface area contributed by atoms with Gasteiger partial charge in [-0.25, -0.2) is 0 Å². The molecule has 2 amide bonds. The van der Waals surface area contributed by atoms with E-state index < -0.39 is 0 Å². The largest absolute Gasteiger partial charge is 0.271 e. The Kier molecular flexibility index (Phi) is 5.34. The first kappa shape index (κ1) is 14.5. The average Bonchev–Trinajstić information content (AvgIpc) is 2.68. The summed E-state index contributed by atoms with van der Waals surface area (Å²) in [6.45, 7) is 0.423. The van der Waals surface area contributed by atoms with Crippen LogP contribution in [0.4, 0.5) is 0 Å². The van der Waals surface area contributed by atoms with Gasteiger partial charge < -0.3 is 0 Å². The van der Waals surface area contributed by atoms with E-state index in [-0.39, 0.29) is 23.7 Å². The molecule has 1 aliphatic carbocycles. The zero-order chi connectivity index (χ0) is 13.7. The summed E-state index contributed by atoms with van der Waals surface area (Å²) in [4.78, 5) is 29.4. The second kappa shape index (κ2) is 7.01. The number of carbonyl (C=O) groups is 2.